The Morgan fingerprint density at radius 3 is 2.71 bits per heavy atom. The van der Waals surface area contributed by atoms with Crippen molar-refractivity contribution in [1.29, 1.82) is 5.26 Å². The fourth-order valence-corrected chi connectivity index (χ4v) is 2.61. The topological polar surface area (TPSA) is 160 Å². The number of carbonyl (C=O) groups excluding carboxylic acids is 1. The van der Waals surface area contributed by atoms with E-state index in [1.807, 2.05) is 0 Å². The molecule has 31 heavy (non-hydrogen) atoms. The molecule has 1 aromatic heterocycles. The lowest BCUT2D eigenvalue weighted by molar-refractivity contribution is -0.384. The number of benzene rings is 1. The molecule has 2 aromatic rings. The first-order valence-electron chi connectivity index (χ1n) is 8.63. The molecule has 0 fully saturated rings. The SMILES string of the molecule is C=C(C)C(=O)OCCn1c(O)c(C#N)c(C)c(N=Nc2ccc(Cl)cc2[N+](=O)[O-])c1=O. The molecule has 0 saturated heterocycles. The van der Waals surface area contributed by atoms with E-state index < -0.39 is 28.0 Å². The number of halogens is 1. The summed E-state index contributed by atoms with van der Waals surface area (Å²) in [6.45, 7) is 5.68. The Morgan fingerprint density at radius 2 is 2.13 bits per heavy atom. The normalized spacial score (nSPS) is 10.6. The summed E-state index contributed by atoms with van der Waals surface area (Å²) in [6, 6.07) is 5.46. The molecule has 160 valence electrons. The molecule has 0 amide bonds. The number of azo groups is 1. The highest BCUT2D eigenvalue weighted by Gasteiger charge is 2.20. The van der Waals surface area contributed by atoms with Crippen molar-refractivity contribution in [1.82, 2.24) is 4.57 Å². The molecule has 0 aliphatic heterocycles. The number of nitrogens with zero attached hydrogens (tertiary/aromatic N) is 5. The van der Waals surface area contributed by atoms with E-state index in [0.717, 1.165) is 10.6 Å². The van der Waals surface area contributed by atoms with Crippen molar-refractivity contribution in [3.05, 3.63) is 67.0 Å². The number of nitriles is 1. The van der Waals surface area contributed by atoms with Crippen molar-refractivity contribution in [3.8, 4) is 11.9 Å². The lowest BCUT2D eigenvalue weighted by Gasteiger charge is -2.13. The maximum atomic E-state index is 12.8. The fourth-order valence-electron chi connectivity index (χ4n) is 2.45. The van der Waals surface area contributed by atoms with Gasteiger partial charge in [-0.05, 0) is 26.0 Å². The van der Waals surface area contributed by atoms with Gasteiger partial charge in [-0.15, -0.1) is 10.2 Å². The third kappa shape index (κ3) is 5.12. The molecule has 2 rings (SSSR count). The van der Waals surface area contributed by atoms with Gasteiger partial charge in [0, 0.05) is 22.2 Å². The Balaban J connectivity index is 2.51. The Bertz CT molecular complexity index is 1210. The van der Waals surface area contributed by atoms with Crippen LogP contribution in [0.15, 0.2) is 45.4 Å². The second-order valence-corrected chi connectivity index (χ2v) is 6.68. The van der Waals surface area contributed by atoms with Gasteiger partial charge in [0.1, 0.15) is 18.2 Å². The van der Waals surface area contributed by atoms with Gasteiger partial charge in [-0.1, -0.05) is 18.2 Å². The van der Waals surface area contributed by atoms with Crippen molar-refractivity contribution >= 4 is 34.6 Å². The summed E-state index contributed by atoms with van der Waals surface area (Å²) in [5.41, 5.74) is -1.81. The third-order valence-corrected chi connectivity index (χ3v) is 4.29. The average molecular weight is 446 g/mol. The quantitative estimate of drug-likeness (QED) is 0.222. The van der Waals surface area contributed by atoms with Gasteiger partial charge in [0.15, 0.2) is 11.4 Å². The summed E-state index contributed by atoms with van der Waals surface area (Å²) in [5.74, 6) is -1.32. The first kappa shape index (κ1) is 23.2. The maximum absolute atomic E-state index is 12.8. The third-order valence-electron chi connectivity index (χ3n) is 4.06. The van der Waals surface area contributed by atoms with Gasteiger partial charge in [-0.3, -0.25) is 19.5 Å². The number of pyridine rings is 1. The zero-order valence-electron chi connectivity index (χ0n) is 16.5. The van der Waals surface area contributed by atoms with Crippen molar-refractivity contribution in [2.24, 2.45) is 10.2 Å². The monoisotopic (exact) mass is 445 g/mol. The van der Waals surface area contributed by atoms with Crippen molar-refractivity contribution in [2.75, 3.05) is 6.61 Å². The lowest BCUT2D eigenvalue weighted by atomic mass is 10.1. The van der Waals surface area contributed by atoms with E-state index in [0.29, 0.717) is 0 Å². The van der Waals surface area contributed by atoms with Crippen LogP contribution < -0.4 is 5.56 Å². The maximum Gasteiger partial charge on any atom is 0.333 e. The van der Waals surface area contributed by atoms with Gasteiger partial charge in [-0.2, -0.15) is 5.26 Å². The molecular weight excluding hydrogens is 430 g/mol. The molecule has 11 nitrogen and oxygen atoms in total. The molecule has 0 bridgehead atoms. The summed E-state index contributed by atoms with van der Waals surface area (Å²) in [7, 11) is 0. The Hall–Kier alpha value is -4.04. The molecular formula is C19H16ClN5O6. The molecule has 0 unspecified atom stereocenters. The Kier molecular flexibility index (Phi) is 7.23. The van der Waals surface area contributed by atoms with Crippen LogP contribution in [-0.4, -0.2) is 27.2 Å². The number of aromatic nitrogens is 1. The van der Waals surface area contributed by atoms with E-state index in [4.69, 9.17) is 16.3 Å². The molecule has 0 aliphatic carbocycles. The minimum absolute atomic E-state index is 0.0283. The predicted octanol–water partition coefficient (Wildman–Crippen LogP) is 3.83. The first-order chi connectivity index (χ1) is 14.6. The molecule has 12 heteroatoms. The number of nitro benzene ring substituents is 1. The van der Waals surface area contributed by atoms with Gasteiger partial charge in [0.25, 0.3) is 11.2 Å². The van der Waals surface area contributed by atoms with E-state index in [1.165, 1.54) is 26.0 Å². The lowest BCUT2D eigenvalue weighted by Crippen LogP contribution is -2.24. The minimum Gasteiger partial charge on any atom is -0.493 e. The molecule has 0 spiro atoms. The second kappa shape index (κ2) is 9.64. The van der Waals surface area contributed by atoms with Crippen LogP contribution in [0.5, 0.6) is 5.88 Å². The average Bonchev–Trinajstić information content (AvgIpc) is 2.71. The number of aromatic hydroxyl groups is 1. The largest absolute Gasteiger partial charge is 0.493 e. The Labute approximate surface area is 180 Å². The summed E-state index contributed by atoms with van der Waals surface area (Å²) < 4.78 is 5.70. The number of hydrogen-bond donors (Lipinski definition) is 1. The van der Waals surface area contributed by atoms with E-state index in [1.54, 1.807) is 6.07 Å². The van der Waals surface area contributed by atoms with E-state index in [2.05, 4.69) is 16.8 Å². The van der Waals surface area contributed by atoms with Crippen molar-refractivity contribution in [3.63, 3.8) is 0 Å². The zero-order chi connectivity index (χ0) is 23.3. The van der Waals surface area contributed by atoms with Crippen LogP contribution in [0, 0.1) is 28.4 Å². The van der Waals surface area contributed by atoms with E-state index in [9.17, 15) is 30.1 Å². The van der Waals surface area contributed by atoms with Gasteiger partial charge >= 0.3 is 5.97 Å². The molecule has 0 atom stereocenters. The number of hydrogen-bond acceptors (Lipinski definition) is 9. The molecule has 0 aliphatic rings. The van der Waals surface area contributed by atoms with Crippen LogP contribution >= 0.6 is 11.6 Å². The van der Waals surface area contributed by atoms with Gasteiger partial charge in [0.05, 0.1) is 11.5 Å². The number of nitro groups is 1. The number of esters is 1. The van der Waals surface area contributed by atoms with Crippen LogP contribution in [0.25, 0.3) is 0 Å². The van der Waals surface area contributed by atoms with Crippen LogP contribution in [0.3, 0.4) is 0 Å². The molecule has 0 saturated carbocycles. The second-order valence-electron chi connectivity index (χ2n) is 6.25. The number of carbonyl (C=O) groups is 1. The van der Waals surface area contributed by atoms with Gasteiger partial charge in [-0.25, -0.2) is 4.79 Å². The predicted molar refractivity (Wildman–Crippen MR) is 110 cm³/mol. The smallest absolute Gasteiger partial charge is 0.333 e. The molecule has 1 heterocycles. The highest BCUT2D eigenvalue weighted by molar-refractivity contribution is 6.30. The van der Waals surface area contributed by atoms with Gasteiger partial charge in [0.2, 0.25) is 5.88 Å². The van der Waals surface area contributed by atoms with Crippen LogP contribution in [0.2, 0.25) is 5.02 Å². The molecule has 1 aromatic carbocycles. The first-order valence-corrected chi connectivity index (χ1v) is 9.01. The van der Waals surface area contributed by atoms with Crippen molar-refractivity contribution in [2.45, 2.75) is 20.4 Å². The van der Waals surface area contributed by atoms with E-state index >= 15 is 0 Å². The Morgan fingerprint density at radius 1 is 1.45 bits per heavy atom. The highest BCUT2D eigenvalue weighted by atomic mass is 35.5. The van der Waals surface area contributed by atoms with Crippen molar-refractivity contribution < 1.29 is 19.6 Å². The summed E-state index contributed by atoms with van der Waals surface area (Å²) in [4.78, 5) is 34.8. The molecule has 0 radical (unpaired) electrons. The number of rotatable bonds is 7. The number of ether oxygens (including phenoxy) is 1. The highest BCUT2D eigenvalue weighted by Crippen LogP contribution is 2.32. The summed E-state index contributed by atoms with van der Waals surface area (Å²) in [5, 5.41) is 38.5. The van der Waals surface area contributed by atoms with Crippen LogP contribution in [-0.2, 0) is 16.1 Å². The minimum atomic E-state index is -0.833. The molecule has 1 N–H and O–H groups in total. The fraction of sp³-hybridized carbons (Fsp3) is 0.211. The zero-order valence-corrected chi connectivity index (χ0v) is 17.2. The van der Waals surface area contributed by atoms with E-state index in [-0.39, 0.29) is 46.2 Å². The van der Waals surface area contributed by atoms with Crippen LogP contribution in [0.4, 0.5) is 17.1 Å². The summed E-state index contributed by atoms with van der Waals surface area (Å²) >= 11 is 5.76. The van der Waals surface area contributed by atoms with Crippen LogP contribution in [0.1, 0.15) is 18.1 Å². The summed E-state index contributed by atoms with van der Waals surface area (Å²) in [6.07, 6.45) is 0. The standard InChI is InChI=1S/C19H16ClN5O6/c1-10(2)19(28)31-7-6-24-17(26)13(9-21)11(3)16(18(24)27)23-22-14-5-4-12(20)8-15(14)25(29)30/h4-5,8,26H,1,6-7H2,2-3H3. The van der Waals surface area contributed by atoms with Gasteiger partial charge < -0.3 is 9.84 Å².